The van der Waals surface area contributed by atoms with Crippen molar-refractivity contribution in [3.63, 3.8) is 0 Å². The predicted octanol–water partition coefficient (Wildman–Crippen LogP) is 6.84. The molecule has 20 heteroatoms. The molecule has 82 heavy (non-hydrogen) atoms. The zero-order valence-electron chi connectivity index (χ0n) is 48.1. The van der Waals surface area contributed by atoms with Gasteiger partial charge in [0.05, 0.1) is 41.0 Å². The number of carbonyl (C=O) groups is 3. The van der Waals surface area contributed by atoms with Crippen molar-refractivity contribution in [3.05, 3.63) is 118 Å². The van der Waals surface area contributed by atoms with Gasteiger partial charge in [-0.05, 0) is 136 Å². The van der Waals surface area contributed by atoms with Gasteiger partial charge in [0.1, 0.15) is 23.1 Å². The van der Waals surface area contributed by atoms with E-state index in [2.05, 4.69) is 59.3 Å². The molecular weight excluding hydrogens is 1050 g/mol. The third-order valence-corrected chi connectivity index (χ3v) is 19.3. The van der Waals surface area contributed by atoms with Crippen molar-refractivity contribution in [2.75, 3.05) is 62.6 Å². The number of thiazole rings is 1. The SMILES string of the molecule is C=CCn1c(=O)c2cnc(Nc3ccc(N4CCN(C5CCC6(CC5)CCN(CC(=O)N[C@H](C(=O)N5C[C@H](O)C[C@H]5C(=O)NCc5ccc(-c7scnc7C)cc5)C(C)(C)C)CC6)CC4)cc3)nc2n1-c1ccc2c(n1)[C@@](O)(CC)CC2. The summed E-state index contributed by atoms with van der Waals surface area (Å²) < 4.78 is 3.26. The van der Waals surface area contributed by atoms with Crippen LogP contribution in [0.3, 0.4) is 0 Å². The van der Waals surface area contributed by atoms with E-state index < -0.39 is 29.2 Å². The maximum absolute atomic E-state index is 14.3. The van der Waals surface area contributed by atoms with Crippen molar-refractivity contribution in [2.45, 2.75) is 142 Å². The van der Waals surface area contributed by atoms with Crippen molar-refractivity contribution < 1.29 is 24.6 Å². The lowest BCUT2D eigenvalue weighted by Gasteiger charge is -2.49. The molecule has 1 saturated carbocycles. The lowest BCUT2D eigenvalue weighted by atomic mass is 9.66. The van der Waals surface area contributed by atoms with E-state index in [0.717, 1.165) is 97.2 Å². The van der Waals surface area contributed by atoms with E-state index in [1.54, 1.807) is 33.0 Å². The summed E-state index contributed by atoms with van der Waals surface area (Å²) in [5.74, 6) is -0.0338. The molecular formula is C62H79N13O6S. The van der Waals surface area contributed by atoms with Crippen LogP contribution in [0.25, 0.3) is 27.3 Å². The average molecular weight is 1130 g/mol. The highest BCUT2D eigenvalue weighted by molar-refractivity contribution is 7.13. The minimum atomic E-state index is -1.01. The Morgan fingerprint density at radius 2 is 1.65 bits per heavy atom. The number of hydrogen-bond donors (Lipinski definition) is 5. The van der Waals surface area contributed by atoms with Crippen molar-refractivity contribution in [1.82, 2.24) is 54.6 Å². The second-order valence-electron chi connectivity index (χ2n) is 24.6. The molecule has 0 radical (unpaired) electrons. The van der Waals surface area contributed by atoms with Gasteiger partial charge in [-0.25, -0.2) is 24.3 Å². The number of aliphatic hydroxyl groups is 2. The summed E-state index contributed by atoms with van der Waals surface area (Å²) >= 11 is 1.59. The fourth-order valence-corrected chi connectivity index (χ4v) is 14.1. The Morgan fingerprint density at radius 3 is 2.32 bits per heavy atom. The normalized spacial score (nSPS) is 21.9. The van der Waals surface area contributed by atoms with Gasteiger partial charge in [0, 0.05) is 69.3 Å². The molecule has 3 amide bonds. The molecule has 4 aromatic heterocycles. The predicted molar refractivity (Wildman–Crippen MR) is 319 cm³/mol. The van der Waals surface area contributed by atoms with Crippen LogP contribution in [-0.2, 0) is 39.5 Å². The zero-order chi connectivity index (χ0) is 57.5. The molecule has 3 aliphatic heterocycles. The van der Waals surface area contributed by atoms with E-state index >= 15 is 0 Å². The van der Waals surface area contributed by atoms with Crippen LogP contribution in [0.1, 0.15) is 108 Å². The molecule has 6 aromatic rings. The summed E-state index contributed by atoms with van der Waals surface area (Å²) in [5.41, 5.74) is 7.27. The van der Waals surface area contributed by atoms with Gasteiger partial charge < -0.3 is 36.0 Å². The number of aryl methyl sites for hydroxylation is 2. The molecule has 5 aliphatic rings. The van der Waals surface area contributed by atoms with E-state index in [9.17, 15) is 29.4 Å². The number of nitrogens with zero attached hydrogens (tertiary/aromatic N) is 10. The van der Waals surface area contributed by atoms with Gasteiger partial charge in [0.2, 0.25) is 23.7 Å². The smallest absolute Gasteiger partial charge is 0.278 e. The molecule has 19 nitrogen and oxygen atoms in total. The third-order valence-electron chi connectivity index (χ3n) is 18.3. The molecule has 4 fully saturated rings. The summed E-state index contributed by atoms with van der Waals surface area (Å²) in [5, 5.41) is 31.9. The minimum absolute atomic E-state index is 0.0310. The standard InChI is InChI=1S/C62H79N13O6S/c1-7-27-74-57(79)48-36-64-59(69-55(48)75(74)50-18-13-43-19-24-62(81,8-2)53(43)67-50)66-44-14-16-45(17-15-44)71-30-32-72(33-31-71)46-20-22-61(23-21-46)25-28-70(29-26-61)38-51(77)68-54(60(4,5)6)58(80)73-37-47(76)34-49(73)56(78)63-35-41-9-11-42(12-10-41)52-40(3)65-39-82-52/h7,9-18,36,39,46-47,49,54,76,81H,1,8,19-35,37-38H2,2-6H3,(H,63,78)(H,68,77)(H,64,66,69)/t47-,49+,54-,62-/m1/s1. The Morgan fingerprint density at radius 1 is 0.915 bits per heavy atom. The number of allylic oxidation sites excluding steroid dienone is 1. The fourth-order valence-electron chi connectivity index (χ4n) is 13.3. The first-order valence-corrected chi connectivity index (χ1v) is 30.3. The highest BCUT2D eigenvalue weighted by Gasteiger charge is 2.46. The summed E-state index contributed by atoms with van der Waals surface area (Å²) in [6, 6.07) is 19.0. The number of piperazine rings is 1. The van der Waals surface area contributed by atoms with E-state index in [4.69, 9.17) is 9.97 Å². The van der Waals surface area contributed by atoms with Gasteiger partial charge in [0.15, 0.2) is 11.5 Å². The lowest BCUT2D eigenvalue weighted by molar-refractivity contribution is -0.144. The molecule has 1 spiro atoms. The molecule has 3 saturated heterocycles. The highest BCUT2D eigenvalue weighted by Crippen LogP contribution is 2.46. The van der Waals surface area contributed by atoms with Gasteiger partial charge >= 0.3 is 0 Å². The monoisotopic (exact) mass is 1130 g/mol. The number of amides is 3. The van der Waals surface area contributed by atoms with Gasteiger partial charge in [-0.2, -0.15) is 4.98 Å². The van der Waals surface area contributed by atoms with E-state index in [1.807, 2.05) is 88.7 Å². The van der Waals surface area contributed by atoms with E-state index in [-0.39, 0.29) is 61.3 Å². The Labute approximate surface area is 483 Å². The molecule has 2 aliphatic carbocycles. The second-order valence-corrected chi connectivity index (χ2v) is 25.5. The van der Waals surface area contributed by atoms with Gasteiger partial charge in [-0.3, -0.25) is 29.0 Å². The number of likely N-dealkylation sites (tertiary alicyclic amines) is 2. The molecule has 0 bridgehead atoms. The summed E-state index contributed by atoms with van der Waals surface area (Å²) in [6.45, 7) is 19.9. The Bertz CT molecular complexity index is 3360. The summed E-state index contributed by atoms with van der Waals surface area (Å²) in [4.78, 5) is 83.9. The largest absolute Gasteiger partial charge is 0.391 e. The minimum Gasteiger partial charge on any atom is -0.391 e. The Hall–Kier alpha value is -6.84. The summed E-state index contributed by atoms with van der Waals surface area (Å²) in [7, 11) is 0. The number of carbonyl (C=O) groups excluding carboxylic acids is 3. The summed E-state index contributed by atoms with van der Waals surface area (Å²) in [6.07, 6.45) is 11.3. The first-order valence-electron chi connectivity index (χ1n) is 29.4. The van der Waals surface area contributed by atoms with Crippen LogP contribution < -0.4 is 26.4 Å². The maximum atomic E-state index is 14.3. The number of fused-ring (bicyclic) bond motifs is 2. The van der Waals surface area contributed by atoms with Crippen LogP contribution in [0.2, 0.25) is 0 Å². The lowest BCUT2D eigenvalue weighted by Crippen LogP contribution is -2.59. The van der Waals surface area contributed by atoms with Crippen LogP contribution in [0.5, 0.6) is 0 Å². The number of piperidine rings is 1. The van der Waals surface area contributed by atoms with Crippen molar-refractivity contribution in [3.8, 4) is 16.3 Å². The van der Waals surface area contributed by atoms with Crippen LogP contribution in [-0.4, -0.2) is 149 Å². The number of benzene rings is 2. The van der Waals surface area contributed by atoms with Gasteiger partial charge in [-0.15, -0.1) is 17.9 Å². The molecule has 2 aromatic carbocycles. The van der Waals surface area contributed by atoms with Gasteiger partial charge in [0.25, 0.3) is 5.56 Å². The topological polar surface area (TPSA) is 219 Å². The first-order chi connectivity index (χ1) is 39.4. The Balaban J connectivity index is 0.631. The Kier molecular flexibility index (Phi) is 16.3. The van der Waals surface area contributed by atoms with Crippen molar-refractivity contribution in [2.24, 2.45) is 10.8 Å². The van der Waals surface area contributed by atoms with Crippen molar-refractivity contribution in [1.29, 1.82) is 0 Å². The number of aliphatic hydroxyl groups excluding tert-OH is 1. The van der Waals surface area contributed by atoms with Crippen LogP contribution >= 0.6 is 11.3 Å². The number of β-amino-alcohol motifs (C(OH)–C–C–N with tert-alkyl or cyclic N) is 1. The third kappa shape index (κ3) is 11.7. The molecule has 5 N–H and O–H groups in total. The van der Waals surface area contributed by atoms with Crippen LogP contribution in [0.15, 0.2) is 89.8 Å². The molecule has 4 atom stereocenters. The van der Waals surface area contributed by atoms with E-state index in [1.165, 1.54) is 30.6 Å². The quantitative estimate of drug-likeness (QED) is 0.0628. The highest BCUT2D eigenvalue weighted by atomic mass is 32.1. The van der Waals surface area contributed by atoms with Crippen LogP contribution in [0.4, 0.5) is 17.3 Å². The van der Waals surface area contributed by atoms with Gasteiger partial charge in [-0.1, -0.05) is 64.1 Å². The first kappa shape index (κ1) is 57.0. The maximum Gasteiger partial charge on any atom is 0.278 e. The average Bonchev–Trinajstić information content (AvgIpc) is 4.46. The fraction of sp³-hybridized carbons (Fsp3) is 0.516. The number of aromatic nitrogens is 6. The van der Waals surface area contributed by atoms with Crippen LogP contribution in [0, 0.1) is 17.8 Å². The number of pyridine rings is 1. The number of nitrogens with one attached hydrogen (secondary N) is 3. The van der Waals surface area contributed by atoms with Crippen molar-refractivity contribution >= 4 is 57.4 Å². The van der Waals surface area contributed by atoms with E-state index in [0.29, 0.717) is 47.4 Å². The number of hydrogen-bond acceptors (Lipinski definition) is 15. The molecule has 0 unspecified atom stereocenters. The molecule has 11 rings (SSSR count). The molecule has 7 heterocycles. The number of rotatable bonds is 16. The molecule has 434 valence electrons. The second kappa shape index (κ2) is 23.4. The zero-order valence-corrected chi connectivity index (χ0v) is 48.9. The number of anilines is 3.